The summed E-state index contributed by atoms with van der Waals surface area (Å²) in [5, 5.41) is 0. The van der Waals surface area contributed by atoms with Crippen LogP contribution in [-0.4, -0.2) is 11.6 Å². The van der Waals surface area contributed by atoms with Gasteiger partial charge in [-0.25, -0.2) is 4.79 Å². The smallest absolute Gasteiger partial charge is 0.354 e. The van der Waals surface area contributed by atoms with E-state index in [0.717, 1.165) is 31.3 Å². The van der Waals surface area contributed by atoms with E-state index >= 15 is 0 Å². The van der Waals surface area contributed by atoms with Crippen molar-refractivity contribution in [2.75, 3.05) is 0 Å². The molecule has 0 unspecified atom stereocenters. The van der Waals surface area contributed by atoms with Crippen LogP contribution >= 0.6 is 0 Å². The van der Waals surface area contributed by atoms with Crippen molar-refractivity contribution >= 4 is 5.97 Å². The SMILES string of the molecule is CC1(OC(=O)C(N)=C2CC2)CC1. The molecular weight excluding hydrogens is 154 g/mol. The van der Waals surface area contributed by atoms with E-state index in [1.807, 2.05) is 6.92 Å². The van der Waals surface area contributed by atoms with Crippen LogP contribution in [0.5, 0.6) is 0 Å². The van der Waals surface area contributed by atoms with Crippen molar-refractivity contribution in [3.05, 3.63) is 11.3 Å². The average molecular weight is 167 g/mol. The van der Waals surface area contributed by atoms with Gasteiger partial charge in [-0.15, -0.1) is 0 Å². The van der Waals surface area contributed by atoms with Crippen molar-refractivity contribution in [3.8, 4) is 0 Å². The first-order valence-electron chi connectivity index (χ1n) is 4.32. The van der Waals surface area contributed by atoms with Crippen LogP contribution < -0.4 is 5.73 Å². The van der Waals surface area contributed by atoms with Crippen LogP contribution in [0.1, 0.15) is 32.6 Å². The molecule has 0 aliphatic heterocycles. The summed E-state index contributed by atoms with van der Waals surface area (Å²) in [6, 6.07) is 0. The highest BCUT2D eigenvalue weighted by Crippen LogP contribution is 2.40. The van der Waals surface area contributed by atoms with Gasteiger partial charge in [0.05, 0.1) is 0 Å². The van der Waals surface area contributed by atoms with Gasteiger partial charge in [0.1, 0.15) is 11.3 Å². The molecule has 0 saturated heterocycles. The fraction of sp³-hybridized carbons (Fsp3) is 0.667. The van der Waals surface area contributed by atoms with Gasteiger partial charge in [0.2, 0.25) is 0 Å². The van der Waals surface area contributed by atoms with Crippen LogP contribution in [0.25, 0.3) is 0 Å². The third-order valence-electron chi connectivity index (χ3n) is 2.39. The van der Waals surface area contributed by atoms with Crippen molar-refractivity contribution in [1.29, 1.82) is 0 Å². The van der Waals surface area contributed by atoms with E-state index in [2.05, 4.69) is 0 Å². The molecule has 0 aromatic rings. The van der Waals surface area contributed by atoms with E-state index in [4.69, 9.17) is 10.5 Å². The lowest BCUT2D eigenvalue weighted by molar-refractivity contribution is -0.145. The first-order valence-corrected chi connectivity index (χ1v) is 4.32. The van der Waals surface area contributed by atoms with Gasteiger partial charge >= 0.3 is 5.97 Å². The van der Waals surface area contributed by atoms with Gasteiger partial charge in [-0.3, -0.25) is 0 Å². The Kier molecular flexibility index (Phi) is 1.43. The highest BCUT2D eigenvalue weighted by atomic mass is 16.6. The lowest BCUT2D eigenvalue weighted by atomic mass is 10.3. The monoisotopic (exact) mass is 167 g/mol. The molecule has 2 N–H and O–H groups in total. The zero-order valence-electron chi connectivity index (χ0n) is 7.22. The van der Waals surface area contributed by atoms with Crippen molar-refractivity contribution in [2.45, 2.75) is 38.2 Å². The molecule has 3 nitrogen and oxygen atoms in total. The molecular formula is C9H13NO2. The summed E-state index contributed by atoms with van der Waals surface area (Å²) < 4.78 is 5.19. The Morgan fingerprint density at radius 1 is 1.50 bits per heavy atom. The van der Waals surface area contributed by atoms with Gasteiger partial charge in [-0.05, 0) is 38.2 Å². The number of ether oxygens (including phenoxy) is 1. The van der Waals surface area contributed by atoms with Crippen LogP contribution in [0.2, 0.25) is 0 Å². The molecule has 0 aromatic carbocycles. The number of carbonyl (C=O) groups excluding carboxylic acids is 1. The molecule has 2 aliphatic carbocycles. The van der Waals surface area contributed by atoms with E-state index in [-0.39, 0.29) is 11.6 Å². The minimum Gasteiger partial charge on any atom is -0.455 e. The molecule has 0 aromatic heterocycles. The zero-order chi connectivity index (χ0) is 8.77. The van der Waals surface area contributed by atoms with Gasteiger partial charge < -0.3 is 10.5 Å². The normalized spacial score (nSPS) is 23.2. The van der Waals surface area contributed by atoms with Crippen LogP contribution in [0.15, 0.2) is 11.3 Å². The van der Waals surface area contributed by atoms with Gasteiger partial charge in [0.15, 0.2) is 0 Å². The maximum atomic E-state index is 11.3. The summed E-state index contributed by atoms with van der Waals surface area (Å²) in [6.07, 6.45) is 3.89. The van der Waals surface area contributed by atoms with Crippen molar-refractivity contribution < 1.29 is 9.53 Å². The summed E-state index contributed by atoms with van der Waals surface area (Å²) >= 11 is 0. The zero-order valence-corrected chi connectivity index (χ0v) is 7.22. The molecule has 3 heteroatoms. The number of nitrogens with two attached hydrogens (primary N) is 1. The molecule has 0 radical (unpaired) electrons. The van der Waals surface area contributed by atoms with E-state index in [1.165, 1.54) is 0 Å². The number of rotatable bonds is 2. The molecule has 12 heavy (non-hydrogen) atoms. The number of carbonyl (C=O) groups is 1. The van der Waals surface area contributed by atoms with Crippen molar-refractivity contribution in [1.82, 2.24) is 0 Å². The third kappa shape index (κ3) is 1.44. The summed E-state index contributed by atoms with van der Waals surface area (Å²) in [5.74, 6) is -0.317. The minimum absolute atomic E-state index is 0.197. The average Bonchev–Trinajstić information content (AvgIpc) is 2.83. The Morgan fingerprint density at radius 2 is 2.08 bits per heavy atom. The fourth-order valence-corrected chi connectivity index (χ4v) is 1.03. The van der Waals surface area contributed by atoms with Crippen LogP contribution in [0.4, 0.5) is 0 Å². The number of esters is 1. The van der Waals surface area contributed by atoms with Gasteiger partial charge in [-0.2, -0.15) is 0 Å². The van der Waals surface area contributed by atoms with Crippen LogP contribution in [0.3, 0.4) is 0 Å². The second-order valence-electron chi connectivity index (χ2n) is 3.86. The fourth-order valence-electron chi connectivity index (χ4n) is 1.03. The summed E-state index contributed by atoms with van der Waals surface area (Å²) in [4.78, 5) is 11.3. The van der Waals surface area contributed by atoms with E-state index in [9.17, 15) is 4.79 Å². The summed E-state index contributed by atoms with van der Waals surface area (Å²) in [7, 11) is 0. The molecule has 2 fully saturated rings. The third-order valence-corrected chi connectivity index (χ3v) is 2.39. The maximum Gasteiger partial charge on any atom is 0.354 e. The standard InChI is InChI=1S/C9H13NO2/c1-9(4-5-9)12-8(11)7(10)6-2-3-6/h2-5,10H2,1H3. The lowest BCUT2D eigenvalue weighted by Crippen LogP contribution is -2.21. The predicted octanol–water partition coefficient (Wildman–Crippen LogP) is 1.09. The Hall–Kier alpha value is -0.990. The first kappa shape index (κ1) is 7.65. The molecule has 0 atom stereocenters. The molecule has 66 valence electrons. The van der Waals surface area contributed by atoms with Gasteiger partial charge in [0, 0.05) is 0 Å². The number of allylic oxidation sites excluding steroid dienone is 1. The summed E-state index contributed by atoms with van der Waals surface area (Å²) in [6.45, 7) is 1.94. The van der Waals surface area contributed by atoms with Crippen LogP contribution in [0, 0.1) is 0 Å². The van der Waals surface area contributed by atoms with E-state index in [1.54, 1.807) is 0 Å². The first-order chi connectivity index (χ1) is 5.61. The van der Waals surface area contributed by atoms with Crippen LogP contribution in [-0.2, 0) is 9.53 Å². The molecule has 0 heterocycles. The summed E-state index contributed by atoms with van der Waals surface area (Å²) in [5.41, 5.74) is 6.77. The Labute approximate surface area is 71.6 Å². The molecule has 2 rings (SSSR count). The highest BCUT2D eigenvalue weighted by Gasteiger charge is 2.42. The second kappa shape index (κ2) is 2.25. The molecule has 0 spiro atoms. The topological polar surface area (TPSA) is 52.3 Å². The van der Waals surface area contributed by atoms with E-state index < -0.39 is 0 Å². The van der Waals surface area contributed by atoms with Gasteiger partial charge in [0.25, 0.3) is 0 Å². The Morgan fingerprint density at radius 3 is 2.50 bits per heavy atom. The second-order valence-corrected chi connectivity index (χ2v) is 3.86. The predicted molar refractivity (Wildman–Crippen MR) is 44.2 cm³/mol. The van der Waals surface area contributed by atoms with Gasteiger partial charge in [-0.1, -0.05) is 0 Å². The molecule has 2 aliphatic rings. The number of hydrogen-bond acceptors (Lipinski definition) is 3. The Bertz CT molecular complexity index is 258. The quantitative estimate of drug-likeness (QED) is 0.494. The lowest BCUT2D eigenvalue weighted by Gasteiger charge is -2.10. The largest absolute Gasteiger partial charge is 0.455 e. The highest BCUT2D eigenvalue weighted by molar-refractivity contribution is 5.89. The van der Waals surface area contributed by atoms with Crippen molar-refractivity contribution in [3.63, 3.8) is 0 Å². The number of hydrogen-bond donors (Lipinski definition) is 1. The Balaban J connectivity index is 1.96. The minimum atomic E-state index is -0.317. The molecule has 0 amide bonds. The van der Waals surface area contributed by atoms with E-state index in [0.29, 0.717) is 5.70 Å². The molecule has 2 saturated carbocycles. The maximum absolute atomic E-state index is 11.3. The molecule has 0 bridgehead atoms. The van der Waals surface area contributed by atoms with Crippen molar-refractivity contribution in [2.24, 2.45) is 5.73 Å².